The Hall–Kier alpha value is -1.40. The molecular formula is C14H22N4OS. The van der Waals surface area contributed by atoms with Gasteiger partial charge in [-0.2, -0.15) is 5.10 Å². The van der Waals surface area contributed by atoms with Crippen LogP contribution in [0.2, 0.25) is 0 Å². The van der Waals surface area contributed by atoms with Gasteiger partial charge in [0.05, 0.1) is 30.1 Å². The topological polar surface area (TPSA) is 52.0 Å². The highest BCUT2D eigenvalue weighted by Crippen LogP contribution is 2.32. The largest absolute Gasteiger partial charge is 0.493 e. The molecule has 0 saturated carbocycles. The molecule has 110 valence electrons. The molecular weight excluding hydrogens is 272 g/mol. The molecule has 0 spiro atoms. The Morgan fingerprint density at radius 2 is 2.20 bits per heavy atom. The van der Waals surface area contributed by atoms with Crippen LogP contribution in [0.5, 0.6) is 5.75 Å². The van der Waals surface area contributed by atoms with E-state index in [1.54, 1.807) is 24.6 Å². The molecule has 2 aromatic rings. The van der Waals surface area contributed by atoms with Crippen LogP contribution in [0.25, 0.3) is 0 Å². The predicted molar refractivity (Wildman–Crippen MR) is 81.5 cm³/mol. The lowest BCUT2D eigenvalue weighted by Crippen LogP contribution is -2.26. The smallest absolute Gasteiger partial charge is 0.162 e. The maximum Gasteiger partial charge on any atom is 0.162 e. The van der Waals surface area contributed by atoms with Gasteiger partial charge in [-0.3, -0.25) is 4.68 Å². The van der Waals surface area contributed by atoms with Crippen LogP contribution in [0.4, 0.5) is 0 Å². The minimum absolute atomic E-state index is 0.00444. The molecule has 2 heterocycles. The molecule has 1 N–H and O–H groups in total. The molecule has 6 heteroatoms. The zero-order chi connectivity index (χ0) is 14.7. The van der Waals surface area contributed by atoms with Crippen molar-refractivity contribution in [2.45, 2.75) is 39.8 Å². The summed E-state index contributed by atoms with van der Waals surface area (Å²) in [6.45, 7) is 9.20. The van der Waals surface area contributed by atoms with Gasteiger partial charge in [-0.25, -0.2) is 4.98 Å². The fourth-order valence-corrected chi connectivity index (χ4v) is 2.90. The number of rotatable bonds is 6. The van der Waals surface area contributed by atoms with E-state index in [9.17, 15) is 0 Å². The number of ether oxygens (including phenoxy) is 1. The van der Waals surface area contributed by atoms with Gasteiger partial charge in [0.1, 0.15) is 5.69 Å². The lowest BCUT2D eigenvalue weighted by molar-refractivity contribution is 0.393. The second-order valence-corrected chi connectivity index (χ2v) is 5.98. The van der Waals surface area contributed by atoms with E-state index in [0.717, 1.165) is 28.7 Å². The molecule has 0 aliphatic carbocycles. The summed E-state index contributed by atoms with van der Waals surface area (Å²) in [4.78, 5) is 4.62. The third kappa shape index (κ3) is 2.86. The number of nitrogens with zero attached hydrogens (tertiary/aromatic N) is 3. The van der Waals surface area contributed by atoms with Crippen molar-refractivity contribution in [1.29, 1.82) is 0 Å². The number of hydrogen-bond donors (Lipinski definition) is 1. The summed E-state index contributed by atoms with van der Waals surface area (Å²) in [5.74, 6) is 0.801. The summed E-state index contributed by atoms with van der Waals surface area (Å²) in [7, 11) is 1.68. The number of aromatic nitrogens is 3. The zero-order valence-electron chi connectivity index (χ0n) is 12.7. The molecule has 1 atom stereocenters. The average molecular weight is 294 g/mol. The van der Waals surface area contributed by atoms with Gasteiger partial charge in [0.15, 0.2) is 5.75 Å². The van der Waals surface area contributed by atoms with Crippen molar-refractivity contribution < 1.29 is 4.74 Å². The first-order valence-electron chi connectivity index (χ1n) is 6.85. The maximum atomic E-state index is 5.48. The van der Waals surface area contributed by atoms with E-state index >= 15 is 0 Å². The lowest BCUT2D eigenvalue weighted by Gasteiger charge is -2.20. The molecule has 0 bridgehead atoms. The average Bonchev–Trinajstić information content (AvgIpc) is 3.01. The Labute approximate surface area is 124 Å². The molecule has 0 aromatic carbocycles. The molecule has 0 radical (unpaired) electrons. The lowest BCUT2D eigenvalue weighted by atomic mass is 10.1. The van der Waals surface area contributed by atoms with Crippen molar-refractivity contribution >= 4 is 11.3 Å². The van der Waals surface area contributed by atoms with Crippen LogP contribution < -0.4 is 10.1 Å². The van der Waals surface area contributed by atoms with E-state index in [0.29, 0.717) is 0 Å². The Kier molecular flexibility index (Phi) is 4.77. The Morgan fingerprint density at radius 3 is 2.70 bits per heavy atom. The van der Waals surface area contributed by atoms with Crippen molar-refractivity contribution in [3.05, 3.63) is 28.0 Å². The van der Waals surface area contributed by atoms with E-state index in [-0.39, 0.29) is 12.1 Å². The molecule has 2 rings (SSSR count). The second kappa shape index (κ2) is 6.37. The van der Waals surface area contributed by atoms with Gasteiger partial charge in [0.2, 0.25) is 0 Å². The Bertz CT molecular complexity index is 561. The summed E-state index contributed by atoms with van der Waals surface area (Å²) in [6, 6.07) is 0.277. The molecule has 0 fully saturated rings. The number of nitrogens with one attached hydrogen (secondary N) is 1. The summed E-state index contributed by atoms with van der Waals surface area (Å²) in [5.41, 5.74) is 2.06. The van der Waals surface area contributed by atoms with Crippen molar-refractivity contribution in [2.75, 3.05) is 13.7 Å². The quantitative estimate of drug-likeness (QED) is 0.890. The van der Waals surface area contributed by atoms with E-state index in [4.69, 9.17) is 4.74 Å². The standard InChI is InChI=1S/C14H22N4OS/c1-6-15-13(11-8-20-10(4)17-11)14-12(19-5)7-16-18(14)9(2)3/h7-9,13,15H,6H2,1-5H3. The molecule has 2 aromatic heterocycles. The SMILES string of the molecule is CCNC(c1csc(C)n1)c1c(OC)cnn1C(C)C. The molecule has 1 unspecified atom stereocenters. The monoisotopic (exact) mass is 294 g/mol. The van der Waals surface area contributed by atoms with Crippen LogP contribution in [-0.4, -0.2) is 28.4 Å². The van der Waals surface area contributed by atoms with Crippen LogP contribution in [0, 0.1) is 6.92 Å². The molecule has 0 aliphatic heterocycles. The first kappa shape index (κ1) is 15.0. The van der Waals surface area contributed by atoms with Gasteiger partial charge >= 0.3 is 0 Å². The van der Waals surface area contributed by atoms with Crippen molar-refractivity contribution in [1.82, 2.24) is 20.1 Å². The minimum Gasteiger partial charge on any atom is -0.493 e. The van der Waals surface area contributed by atoms with Gasteiger partial charge in [-0.15, -0.1) is 11.3 Å². The minimum atomic E-state index is 0.00444. The van der Waals surface area contributed by atoms with E-state index in [1.807, 2.05) is 11.6 Å². The van der Waals surface area contributed by atoms with Gasteiger partial charge in [-0.1, -0.05) is 6.92 Å². The highest BCUT2D eigenvalue weighted by molar-refractivity contribution is 7.09. The Morgan fingerprint density at radius 1 is 1.45 bits per heavy atom. The van der Waals surface area contributed by atoms with Gasteiger partial charge in [0.25, 0.3) is 0 Å². The molecule has 5 nitrogen and oxygen atoms in total. The second-order valence-electron chi connectivity index (χ2n) is 4.92. The number of methoxy groups -OCH3 is 1. The van der Waals surface area contributed by atoms with Crippen molar-refractivity contribution in [3.8, 4) is 5.75 Å². The summed E-state index contributed by atoms with van der Waals surface area (Å²) in [5, 5.41) is 11.1. The first-order valence-corrected chi connectivity index (χ1v) is 7.73. The molecule has 0 saturated heterocycles. The van der Waals surface area contributed by atoms with Crippen LogP contribution in [0.1, 0.15) is 49.3 Å². The summed E-state index contributed by atoms with van der Waals surface area (Å²) < 4.78 is 7.48. The van der Waals surface area contributed by atoms with Gasteiger partial charge in [-0.05, 0) is 27.3 Å². The van der Waals surface area contributed by atoms with Gasteiger partial charge < -0.3 is 10.1 Å². The summed E-state index contributed by atoms with van der Waals surface area (Å²) >= 11 is 1.66. The molecule has 0 aliphatic rings. The fraction of sp³-hybridized carbons (Fsp3) is 0.571. The third-order valence-electron chi connectivity index (χ3n) is 3.12. The van der Waals surface area contributed by atoms with Crippen molar-refractivity contribution in [2.24, 2.45) is 0 Å². The normalized spacial score (nSPS) is 12.9. The predicted octanol–water partition coefficient (Wildman–Crippen LogP) is 2.94. The molecule has 20 heavy (non-hydrogen) atoms. The van der Waals surface area contributed by atoms with Crippen LogP contribution >= 0.6 is 11.3 Å². The fourth-order valence-electron chi connectivity index (χ4n) is 2.26. The highest BCUT2D eigenvalue weighted by Gasteiger charge is 2.25. The van der Waals surface area contributed by atoms with E-state index in [2.05, 4.69) is 41.6 Å². The van der Waals surface area contributed by atoms with Crippen LogP contribution in [0.3, 0.4) is 0 Å². The van der Waals surface area contributed by atoms with Crippen molar-refractivity contribution in [3.63, 3.8) is 0 Å². The maximum absolute atomic E-state index is 5.48. The number of thiazole rings is 1. The van der Waals surface area contributed by atoms with Crippen LogP contribution in [-0.2, 0) is 0 Å². The van der Waals surface area contributed by atoms with Gasteiger partial charge in [0, 0.05) is 11.4 Å². The van der Waals surface area contributed by atoms with Crippen LogP contribution in [0.15, 0.2) is 11.6 Å². The summed E-state index contributed by atoms with van der Waals surface area (Å²) in [6.07, 6.45) is 1.78. The zero-order valence-corrected chi connectivity index (χ0v) is 13.5. The van der Waals surface area contributed by atoms with E-state index < -0.39 is 0 Å². The first-order chi connectivity index (χ1) is 9.58. The third-order valence-corrected chi connectivity index (χ3v) is 3.91. The molecule has 0 amide bonds. The number of aryl methyl sites for hydroxylation is 1. The highest BCUT2D eigenvalue weighted by atomic mass is 32.1. The number of hydrogen-bond acceptors (Lipinski definition) is 5. The Balaban J connectivity index is 2.50. The van der Waals surface area contributed by atoms with E-state index in [1.165, 1.54) is 0 Å².